The Bertz CT molecular complexity index is 1290. The second-order valence-electron chi connectivity index (χ2n) is 8.17. The molecule has 2 amide bonds. The van der Waals surface area contributed by atoms with Gasteiger partial charge in [0.1, 0.15) is 11.3 Å². The van der Waals surface area contributed by atoms with Crippen LogP contribution in [0.2, 0.25) is 0 Å². The number of H-pyrrole nitrogens is 1. The van der Waals surface area contributed by atoms with Crippen LogP contribution in [0.1, 0.15) is 41.0 Å². The molecule has 176 valence electrons. The van der Waals surface area contributed by atoms with Crippen LogP contribution in [0.3, 0.4) is 0 Å². The normalized spacial score (nSPS) is 16.1. The molecule has 34 heavy (non-hydrogen) atoms. The van der Waals surface area contributed by atoms with Crippen molar-refractivity contribution in [3.05, 3.63) is 66.5 Å². The van der Waals surface area contributed by atoms with E-state index >= 15 is 0 Å². The number of amides is 2. The van der Waals surface area contributed by atoms with Crippen LogP contribution in [0.25, 0.3) is 22.3 Å². The van der Waals surface area contributed by atoms with Crippen molar-refractivity contribution < 1.29 is 14.3 Å². The Kier molecular flexibility index (Phi) is 6.70. The number of carbonyl (C=O) groups excluding carboxylic acids is 2. The van der Waals surface area contributed by atoms with Crippen molar-refractivity contribution in [2.45, 2.75) is 32.2 Å². The number of anilines is 1. The molecule has 0 bridgehead atoms. The monoisotopic (exact) mass is 479 g/mol. The molecule has 9 heteroatoms. The summed E-state index contributed by atoms with van der Waals surface area (Å²) in [6, 6.07) is 7.18. The minimum atomic E-state index is -0.763. The summed E-state index contributed by atoms with van der Waals surface area (Å²) in [5, 5.41) is 3.30. The van der Waals surface area contributed by atoms with E-state index in [4.69, 9.17) is 26.3 Å². The molecule has 1 unspecified atom stereocenters. The molecule has 2 N–H and O–H groups in total. The van der Waals surface area contributed by atoms with Gasteiger partial charge in [0.2, 0.25) is 0 Å². The van der Waals surface area contributed by atoms with Gasteiger partial charge < -0.3 is 15.0 Å². The summed E-state index contributed by atoms with van der Waals surface area (Å²) in [4.78, 5) is 39.5. The molecule has 3 heterocycles. The van der Waals surface area contributed by atoms with Gasteiger partial charge in [0, 0.05) is 35.5 Å². The number of nitrogens with zero attached hydrogens (tertiary/aromatic N) is 3. The number of aryl methyl sites for hydroxylation is 1. The van der Waals surface area contributed by atoms with Gasteiger partial charge in [0.25, 0.3) is 5.91 Å². The second-order valence-corrected chi connectivity index (χ2v) is 8.38. The maximum Gasteiger partial charge on any atom is 0.418 e. The van der Waals surface area contributed by atoms with E-state index < -0.39 is 12.0 Å². The average Bonchev–Trinajstić information content (AvgIpc) is 3.27. The number of alkyl halides is 1. The van der Waals surface area contributed by atoms with E-state index in [1.54, 1.807) is 18.2 Å². The summed E-state index contributed by atoms with van der Waals surface area (Å²) in [5.41, 5.74) is 4.89. The molecule has 2 atom stereocenters. The number of aromatic amines is 1. The fourth-order valence-electron chi connectivity index (χ4n) is 4.12. The lowest BCUT2D eigenvalue weighted by atomic mass is 9.93. The number of aromatic nitrogens is 3. The van der Waals surface area contributed by atoms with E-state index in [-0.39, 0.29) is 24.6 Å². The molecule has 0 radical (unpaired) electrons. The number of nitrogens with one attached hydrogen (secondary N) is 2. The highest BCUT2D eigenvalue weighted by Crippen LogP contribution is 2.36. The van der Waals surface area contributed by atoms with Crippen molar-refractivity contribution in [3.63, 3.8) is 0 Å². The number of carbonyl (C=O) groups is 2. The SMILES string of the molecule is C=CCC1CN(C(=O)OCCl)C(=O)c2cc(-c3cccc4nc(C)c(N[C@@H](C)C=C)nc34)[nH]c21. The molecule has 2 aromatic heterocycles. The van der Waals surface area contributed by atoms with Crippen molar-refractivity contribution in [2.75, 3.05) is 17.9 Å². The predicted molar refractivity (Wildman–Crippen MR) is 133 cm³/mol. The topological polar surface area (TPSA) is 100 Å². The summed E-state index contributed by atoms with van der Waals surface area (Å²) in [6.45, 7) is 11.7. The Morgan fingerprint density at radius 2 is 2.18 bits per heavy atom. The summed E-state index contributed by atoms with van der Waals surface area (Å²) in [6.07, 6.45) is 3.37. The van der Waals surface area contributed by atoms with E-state index in [2.05, 4.69) is 23.5 Å². The number of hydrogen-bond donors (Lipinski definition) is 2. The number of benzene rings is 1. The van der Waals surface area contributed by atoms with Gasteiger partial charge >= 0.3 is 6.09 Å². The third-order valence-corrected chi connectivity index (χ3v) is 5.97. The highest BCUT2D eigenvalue weighted by molar-refractivity contribution is 6.17. The molecule has 0 fully saturated rings. The number of ether oxygens (including phenoxy) is 1. The largest absolute Gasteiger partial charge is 0.433 e. The number of rotatable bonds is 7. The molecular weight excluding hydrogens is 454 g/mol. The van der Waals surface area contributed by atoms with Crippen LogP contribution in [0.15, 0.2) is 49.6 Å². The molecular formula is C25H26ClN5O3. The zero-order valence-electron chi connectivity index (χ0n) is 19.1. The highest BCUT2D eigenvalue weighted by atomic mass is 35.5. The summed E-state index contributed by atoms with van der Waals surface area (Å²) >= 11 is 5.54. The summed E-state index contributed by atoms with van der Waals surface area (Å²) < 4.78 is 4.87. The van der Waals surface area contributed by atoms with Crippen LogP contribution in [-0.2, 0) is 4.74 Å². The van der Waals surface area contributed by atoms with E-state index in [0.717, 1.165) is 27.4 Å². The molecule has 8 nitrogen and oxygen atoms in total. The van der Waals surface area contributed by atoms with E-state index in [0.29, 0.717) is 29.0 Å². The Morgan fingerprint density at radius 1 is 1.38 bits per heavy atom. The number of para-hydroxylation sites is 1. The van der Waals surface area contributed by atoms with Crippen LogP contribution >= 0.6 is 11.6 Å². The van der Waals surface area contributed by atoms with Gasteiger partial charge in [-0.2, -0.15) is 0 Å². The number of allylic oxidation sites excluding steroid dienone is 1. The summed E-state index contributed by atoms with van der Waals surface area (Å²) in [7, 11) is 0. The van der Waals surface area contributed by atoms with Crippen molar-refractivity contribution in [1.29, 1.82) is 0 Å². The first kappa shape index (κ1) is 23.5. The number of hydrogen-bond acceptors (Lipinski definition) is 6. The van der Waals surface area contributed by atoms with Gasteiger partial charge in [0.15, 0.2) is 6.07 Å². The Hall–Kier alpha value is -3.65. The minimum Gasteiger partial charge on any atom is -0.433 e. The average molecular weight is 480 g/mol. The smallest absolute Gasteiger partial charge is 0.418 e. The summed E-state index contributed by atoms with van der Waals surface area (Å²) in [5.74, 6) is 0.0901. The zero-order chi connectivity index (χ0) is 24.4. The van der Waals surface area contributed by atoms with Crippen molar-refractivity contribution >= 4 is 40.5 Å². The van der Waals surface area contributed by atoms with Gasteiger partial charge in [-0.15, -0.1) is 13.2 Å². The van der Waals surface area contributed by atoms with Gasteiger partial charge in [-0.1, -0.05) is 35.9 Å². The molecule has 1 aliphatic rings. The highest BCUT2D eigenvalue weighted by Gasteiger charge is 2.37. The third-order valence-electron chi connectivity index (χ3n) is 5.86. The zero-order valence-corrected chi connectivity index (χ0v) is 19.9. The van der Waals surface area contributed by atoms with E-state index in [1.165, 1.54) is 0 Å². The molecule has 1 aliphatic heterocycles. The lowest BCUT2D eigenvalue weighted by molar-refractivity contribution is 0.0660. The predicted octanol–water partition coefficient (Wildman–Crippen LogP) is 5.37. The second kappa shape index (κ2) is 9.69. The number of halogens is 1. The van der Waals surface area contributed by atoms with Crippen LogP contribution in [0.5, 0.6) is 0 Å². The Morgan fingerprint density at radius 3 is 2.88 bits per heavy atom. The van der Waals surface area contributed by atoms with Crippen molar-refractivity contribution in [3.8, 4) is 11.3 Å². The molecule has 3 aromatic rings. The quantitative estimate of drug-likeness (QED) is 0.349. The van der Waals surface area contributed by atoms with Gasteiger partial charge in [-0.25, -0.2) is 19.7 Å². The maximum atomic E-state index is 13.1. The van der Waals surface area contributed by atoms with E-state index in [1.807, 2.05) is 32.0 Å². The number of imide groups is 1. The minimum absolute atomic E-state index is 0.0198. The van der Waals surface area contributed by atoms with Gasteiger partial charge in [-0.3, -0.25) is 4.79 Å². The molecule has 4 rings (SSSR count). The Balaban J connectivity index is 1.82. The van der Waals surface area contributed by atoms with Crippen molar-refractivity contribution in [2.24, 2.45) is 0 Å². The lowest BCUT2D eigenvalue weighted by Gasteiger charge is -2.29. The van der Waals surface area contributed by atoms with Crippen LogP contribution in [0.4, 0.5) is 10.6 Å². The standard InChI is InChI=1S/C25H26ClN5O3/c1-5-8-16-12-31(25(33)34-13-26)24(32)18-11-20(29-21(16)18)17-9-7-10-19-22(17)30-23(15(4)28-19)27-14(3)6-2/h5-7,9-11,14,16,29H,1-2,8,12-13H2,3-4H3,(H,27,30)/t14-,16?/m0/s1. The molecule has 0 saturated heterocycles. The molecule has 0 saturated carbocycles. The Labute approximate surface area is 202 Å². The first-order valence-electron chi connectivity index (χ1n) is 10.9. The first-order chi connectivity index (χ1) is 16.4. The lowest BCUT2D eigenvalue weighted by Crippen LogP contribution is -2.43. The fraction of sp³-hybridized carbons (Fsp3) is 0.280. The van der Waals surface area contributed by atoms with Crippen LogP contribution in [0, 0.1) is 6.92 Å². The molecule has 0 spiro atoms. The van der Waals surface area contributed by atoms with Crippen LogP contribution < -0.4 is 5.32 Å². The van der Waals surface area contributed by atoms with E-state index in [9.17, 15) is 9.59 Å². The third kappa shape index (κ3) is 4.28. The molecule has 0 aliphatic carbocycles. The first-order valence-corrected chi connectivity index (χ1v) is 11.5. The van der Waals surface area contributed by atoms with Crippen LogP contribution in [-0.4, -0.2) is 50.5 Å². The molecule has 1 aromatic carbocycles. The fourth-order valence-corrected chi connectivity index (χ4v) is 4.22. The van der Waals surface area contributed by atoms with Gasteiger partial charge in [0.05, 0.1) is 16.8 Å². The van der Waals surface area contributed by atoms with Crippen molar-refractivity contribution in [1.82, 2.24) is 19.9 Å². The maximum absolute atomic E-state index is 13.1. The number of fused-ring (bicyclic) bond motifs is 2. The van der Waals surface area contributed by atoms with Gasteiger partial charge in [-0.05, 0) is 32.4 Å².